The molecule has 2 aromatic rings. The molecule has 0 fully saturated rings. The first-order valence-electron chi connectivity index (χ1n) is 10.8. The maximum Gasteiger partial charge on any atom is 0.328 e. The third-order valence-corrected chi connectivity index (χ3v) is 5.06. The van der Waals surface area contributed by atoms with Crippen molar-refractivity contribution in [3.63, 3.8) is 0 Å². The van der Waals surface area contributed by atoms with Gasteiger partial charge >= 0.3 is 5.97 Å². The van der Waals surface area contributed by atoms with Crippen LogP contribution >= 0.6 is 0 Å². The lowest BCUT2D eigenvalue weighted by Crippen LogP contribution is -2.46. The highest BCUT2D eigenvalue weighted by molar-refractivity contribution is 6.00. The van der Waals surface area contributed by atoms with Crippen molar-refractivity contribution in [2.75, 3.05) is 13.2 Å². The van der Waals surface area contributed by atoms with Crippen molar-refractivity contribution in [3.05, 3.63) is 65.7 Å². The number of aliphatic imine (C=N–C) groups is 1. The molecule has 2 atom stereocenters. The average molecular weight is 453 g/mol. The SMILES string of the molecule is O=CNCCCC[C@@H](NC(=O)[C@@H]1COC(c2ccccc2O)=N1)C(=O)OCc1ccccc1. The van der Waals surface area contributed by atoms with Crippen LogP contribution in [-0.4, -0.2) is 54.5 Å². The Morgan fingerprint density at radius 1 is 1.15 bits per heavy atom. The maximum atomic E-state index is 12.8. The molecule has 174 valence electrons. The Hall–Kier alpha value is -3.88. The predicted molar refractivity (Wildman–Crippen MR) is 120 cm³/mol. The van der Waals surface area contributed by atoms with E-state index in [1.54, 1.807) is 18.2 Å². The zero-order valence-corrected chi connectivity index (χ0v) is 18.1. The van der Waals surface area contributed by atoms with E-state index in [1.807, 2.05) is 30.3 Å². The molecule has 1 heterocycles. The number of aromatic hydroxyl groups is 1. The number of esters is 1. The molecule has 0 aliphatic carbocycles. The van der Waals surface area contributed by atoms with E-state index in [4.69, 9.17) is 9.47 Å². The Kier molecular flexibility index (Phi) is 8.81. The van der Waals surface area contributed by atoms with E-state index in [1.165, 1.54) is 6.07 Å². The highest BCUT2D eigenvalue weighted by Crippen LogP contribution is 2.21. The zero-order chi connectivity index (χ0) is 23.5. The number of para-hydroxylation sites is 1. The summed E-state index contributed by atoms with van der Waals surface area (Å²) in [7, 11) is 0. The van der Waals surface area contributed by atoms with Gasteiger partial charge in [-0.15, -0.1) is 0 Å². The van der Waals surface area contributed by atoms with Crippen molar-refractivity contribution in [2.45, 2.75) is 38.0 Å². The number of unbranched alkanes of at least 4 members (excludes halogenated alkanes) is 1. The minimum absolute atomic E-state index is 0.00334. The van der Waals surface area contributed by atoms with E-state index < -0.39 is 24.0 Å². The van der Waals surface area contributed by atoms with Crippen LogP contribution in [0.15, 0.2) is 59.6 Å². The zero-order valence-electron chi connectivity index (χ0n) is 18.1. The van der Waals surface area contributed by atoms with Gasteiger partial charge in [-0.2, -0.15) is 0 Å². The van der Waals surface area contributed by atoms with E-state index in [9.17, 15) is 19.5 Å². The van der Waals surface area contributed by atoms with Crippen LogP contribution in [0.5, 0.6) is 5.75 Å². The van der Waals surface area contributed by atoms with Crippen LogP contribution in [0, 0.1) is 0 Å². The molecular formula is C24H27N3O6. The fraction of sp³-hybridized carbons (Fsp3) is 0.333. The van der Waals surface area contributed by atoms with Crippen LogP contribution in [0.2, 0.25) is 0 Å². The smallest absolute Gasteiger partial charge is 0.328 e. The first-order chi connectivity index (χ1) is 16.1. The van der Waals surface area contributed by atoms with Gasteiger partial charge in [0, 0.05) is 6.54 Å². The summed E-state index contributed by atoms with van der Waals surface area (Å²) in [6.45, 7) is 0.583. The van der Waals surface area contributed by atoms with Crippen LogP contribution in [0.4, 0.5) is 0 Å². The standard InChI is InChI=1S/C24H27N3O6/c28-16-25-13-7-6-11-19(24(31)33-14-17-8-2-1-3-9-17)26-22(30)20-15-32-23(27-20)18-10-4-5-12-21(18)29/h1-5,8-10,12,16,19-20,29H,6-7,11,13-15H2,(H,25,28)(H,26,30)/t19-,20+/m1/s1. The van der Waals surface area contributed by atoms with Crippen LogP contribution in [0.3, 0.4) is 0 Å². The molecule has 2 amide bonds. The van der Waals surface area contributed by atoms with Gasteiger partial charge in [0.1, 0.15) is 25.0 Å². The number of hydrogen-bond donors (Lipinski definition) is 3. The molecule has 3 rings (SSSR count). The Morgan fingerprint density at radius 3 is 2.67 bits per heavy atom. The Labute approximate surface area is 191 Å². The minimum atomic E-state index is -0.859. The molecule has 0 unspecified atom stereocenters. The molecule has 9 nitrogen and oxygen atoms in total. The maximum absolute atomic E-state index is 12.8. The van der Waals surface area contributed by atoms with Gasteiger partial charge in [0.2, 0.25) is 18.2 Å². The number of ether oxygens (including phenoxy) is 2. The van der Waals surface area contributed by atoms with Crippen molar-refractivity contribution in [1.29, 1.82) is 0 Å². The highest BCUT2D eigenvalue weighted by atomic mass is 16.5. The van der Waals surface area contributed by atoms with Gasteiger partial charge in [0.05, 0.1) is 5.56 Å². The first kappa shape index (κ1) is 23.8. The normalized spacial score (nSPS) is 15.6. The van der Waals surface area contributed by atoms with Gasteiger partial charge in [0.15, 0.2) is 6.04 Å². The summed E-state index contributed by atoms with van der Waals surface area (Å²) in [6, 6.07) is 14.1. The molecule has 1 aliphatic rings. The number of carbonyl (C=O) groups excluding carboxylic acids is 3. The number of carbonyl (C=O) groups is 3. The molecule has 0 spiro atoms. The number of phenols is 1. The van der Waals surface area contributed by atoms with E-state index in [2.05, 4.69) is 15.6 Å². The van der Waals surface area contributed by atoms with Crippen LogP contribution in [-0.2, 0) is 30.5 Å². The largest absolute Gasteiger partial charge is 0.507 e. The second kappa shape index (κ2) is 12.2. The van der Waals surface area contributed by atoms with Crippen LogP contribution in [0.1, 0.15) is 30.4 Å². The number of amides is 2. The molecule has 3 N–H and O–H groups in total. The molecule has 9 heteroatoms. The monoisotopic (exact) mass is 453 g/mol. The number of rotatable bonds is 12. The predicted octanol–water partition coefficient (Wildman–Crippen LogP) is 1.68. The summed E-state index contributed by atoms with van der Waals surface area (Å²) in [5.74, 6) is -0.826. The minimum Gasteiger partial charge on any atom is -0.507 e. The molecule has 0 bridgehead atoms. The van der Waals surface area contributed by atoms with Crippen LogP contribution < -0.4 is 10.6 Å². The summed E-state index contributed by atoms with van der Waals surface area (Å²) < 4.78 is 10.9. The number of benzene rings is 2. The first-order valence-corrected chi connectivity index (χ1v) is 10.8. The van der Waals surface area contributed by atoms with E-state index >= 15 is 0 Å². The molecule has 0 saturated carbocycles. The number of phenolic OH excluding ortho intramolecular Hbond substituents is 1. The Bertz CT molecular complexity index is 979. The Morgan fingerprint density at radius 2 is 1.91 bits per heavy atom. The van der Waals surface area contributed by atoms with Gasteiger partial charge in [-0.05, 0) is 37.0 Å². The second-order valence-corrected chi connectivity index (χ2v) is 7.50. The molecule has 1 aliphatic heterocycles. The van der Waals surface area contributed by atoms with Gasteiger partial charge in [-0.1, -0.05) is 42.5 Å². The van der Waals surface area contributed by atoms with E-state index in [0.29, 0.717) is 37.8 Å². The summed E-state index contributed by atoms with van der Waals surface area (Å²) >= 11 is 0. The summed E-state index contributed by atoms with van der Waals surface area (Å²) in [4.78, 5) is 40.2. The van der Waals surface area contributed by atoms with Crippen molar-refractivity contribution in [2.24, 2.45) is 4.99 Å². The van der Waals surface area contributed by atoms with Gasteiger partial charge in [-0.25, -0.2) is 9.79 Å². The quantitative estimate of drug-likeness (QED) is 0.255. The lowest BCUT2D eigenvalue weighted by Gasteiger charge is -2.19. The lowest BCUT2D eigenvalue weighted by atomic mass is 10.1. The number of nitrogens with one attached hydrogen (secondary N) is 2. The van der Waals surface area contributed by atoms with Crippen molar-refractivity contribution in [1.82, 2.24) is 10.6 Å². The second-order valence-electron chi connectivity index (χ2n) is 7.50. The number of nitrogens with zero attached hydrogens (tertiary/aromatic N) is 1. The lowest BCUT2D eigenvalue weighted by molar-refractivity contribution is -0.149. The van der Waals surface area contributed by atoms with Crippen molar-refractivity contribution >= 4 is 24.2 Å². The average Bonchev–Trinajstić information content (AvgIpc) is 3.33. The fourth-order valence-electron chi connectivity index (χ4n) is 3.29. The van der Waals surface area contributed by atoms with Gasteiger partial charge < -0.3 is 25.2 Å². The third-order valence-electron chi connectivity index (χ3n) is 5.06. The van der Waals surface area contributed by atoms with Crippen LogP contribution in [0.25, 0.3) is 0 Å². The third kappa shape index (κ3) is 7.06. The molecule has 0 radical (unpaired) electrons. The Balaban J connectivity index is 1.61. The van der Waals surface area contributed by atoms with Crippen molar-refractivity contribution in [3.8, 4) is 5.75 Å². The fourth-order valence-corrected chi connectivity index (χ4v) is 3.29. The summed E-state index contributed by atoms with van der Waals surface area (Å²) in [6.07, 6.45) is 2.22. The molecular weight excluding hydrogens is 426 g/mol. The highest BCUT2D eigenvalue weighted by Gasteiger charge is 2.31. The molecule has 2 aromatic carbocycles. The van der Waals surface area contributed by atoms with E-state index in [0.717, 1.165) is 5.56 Å². The summed E-state index contributed by atoms with van der Waals surface area (Å²) in [5.41, 5.74) is 1.24. The molecule has 0 saturated heterocycles. The van der Waals surface area contributed by atoms with Crippen molar-refractivity contribution < 1.29 is 29.0 Å². The topological polar surface area (TPSA) is 126 Å². The molecule has 0 aromatic heterocycles. The number of hydrogen-bond acceptors (Lipinski definition) is 7. The molecule has 33 heavy (non-hydrogen) atoms. The van der Waals surface area contributed by atoms with Gasteiger partial charge in [-0.3, -0.25) is 9.59 Å². The van der Waals surface area contributed by atoms with E-state index in [-0.39, 0.29) is 24.9 Å². The summed E-state index contributed by atoms with van der Waals surface area (Å²) in [5, 5.41) is 15.3. The van der Waals surface area contributed by atoms with Gasteiger partial charge in [0.25, 0.3) is 0 Å².